The van der Waals surface area contributed by atoms with E-state index < -0.39 is 12.0 Å². The lowest BCUT2D eigenvalue weighted by Gasteiger charge is -2.21. The van der Waals surface area contributed by atoms with Crippen LogP contribution in [-0.4, -0.2) is 43.1 Å². The maximum absolute atomic E-state index is 11.4. The minimum Gasteiger partial charge on any atom is -0.467 e. The first kappa shape index (κ1) is 12.7. The molecule has 5 nitrogen and oxygen atoms in total. The van der Waals surface area contributed by atoms with Crippen molar-refractivity contribution in [1.29, 1.82) is 0 Å². The number of carbonyl (C=O) groups excluding carboxylic acids is 2. The van der Waals surface area contributed by atoms with Gasteiger partial charge in [0.25, 0.3) is 0 Å². The lowest BCUT2D eigenvalue weighted by atomic mass is 10.3. The second-order valence-electron chi connectivity index (χ2n) is 2.87. The summed E-state index contributed by atoms with van der Waals surface area (Å²) in [5.74, 6) is -0.439. The molecule has 0 heterocycles. The zero-order chi connectivity index (χ0) is 11.1. The molecule has 0 aliphatic rings. The van der Waals surface area contributed by atoms with Gasteiger partial charge >= 0.3 is 12.0 Å². The highest BCUT2D eigenvalue weighted by atomic mass is 16.5. The molecule has 5 heteroatoms. The number of ether oxygens (including phenoxy) is 1. The molecule has 0 aliphatic carbocycles. The number of urea groups is 1. The fraction of sp³-hybridized carbons (Fsp3) is 0.778. The van der Waals surface area contributed by atoms with Crippen LogP contribution < -0.4 is 5.32 Å². The molecule has 0 bridgehead atoms. The molecule has 1 N–H and O–H groups in total. The van der Waals surface area contributed by atoms with E-state index in [0.29, 0.717) is 13.1 Å². The van der Waals surface area contributed by atoms with Crippen LogP contribution in [-0.2, 0) is 9.53 Å². The smallest absolute Gasteiger partial charge is 0.328 e. The van der Waals surface area contributed by atoms with Gasteiger partial charge in [-0.25, -0.2) is 9.59 Å². The van der Waals surface area contributed by atoms with Crippen molar-refractivity contribution in [2.45, 2.75) is 26.8 Å². The van der Waals surface area contributed by atoms with E-state index in [9.17, 15) is 9.59 Å². The lowest BCUT2D eigenvalue weighted by Crippen LogP contribution is -2.46. The Balaban J connectivity index is 4.10. The van der Waals surface area contributed by atoms with Crippen molar-refractivity contribution in [2.75, 3.05) is 20.2 Å². The largest absolute Gasteiger partial charge is 0.467 e. The lowest BCUT2D eigenvalue weighted by molar-refractivity contribution is -0.142. The first-order chi connectivity index (χ1) is 6.56. The fourth-order valence-corrected chi connectivity index (χ4v) is 1.02. The van der Waals surface area contributed by atoms with E-state index in [2.05, 4.69) is 10.1 Å². The van der Waals surface area contributed by atoms with Crippen LogP contribution in [0.1, 0.15) is 20.8 Å². The molecule has 0 spiro atoms. The van der Waals surface area contributed by atoms with Gasteiger partial charge in [-0.1, -0.05) is 0 Å². The van der Waals surface area contributed by atoms with E-state index in [1.807, 2.05) is 13.8 Å². The Morgan fingerprint density at radius 2 is 1.86 bits per heavy atom. The Hall–Kier alpha value is -1.26. The van der Waals surface area contributed by atoms with Crippen molar-refractivity contribution in [3.63, 3.8) is 0 Å². The second-order valence-corrected chi connectivity index (χ2v) is 2.87. The molecule has 0 rings (SSSR count). The van der Waals surface area contributed by atoms with Crippen LogP contribution in [0.15, 0.2) is 0 Å². The summed E-state index contributed by atoms with van der Waals surface area (Å²) in [6.45, 7) is 6.59. The Bertz CT molecular complexity index is 202. The second kappa shape index (κ2) is 6.23. The third-order valence-electron chi connectivity index (χ3n) is 1.95. The normalized spacial score (nSPS) is 11.7. The Kier molecular flexibility index (Phi) is 5.67. The molecule has 1 unspecified atom stereocenters. The molecular formula is C9H18N2O3. The predicted octanol–water partition coefficient (Wildman–Crippen LogP) is 0.599. The number of rotatable bonds is 4. The molecule has 0 aliphatic heterocycles. The number of amides is 2. The average Bonchev–Trinajstić information content (AvgIpc) is 2.18. The van der Waals surface area contributed by atoms with E-state index in [0.717, 1.165) is 0 Å². The van der Waals surface area contributed by atoms with Crippen molar-refractivity contribution < 1.29 is 14.3 Å². The van der Waals surface area contributed by atoms with Crippen molar-refractivity contribution in [2.24, 2.45) is 0 Å². The topological polar surface area (TPSA) is 58.6 Å². The van der Waals surface area contributed by atoms with Gasteiger partial charge in [0.1, 0.15) is 6.04 Å². The highest BCUT2D eigenvalue weighted by molar-refractivity contribution is 5.83. The van der Waals surface area contributed by atoms with Crippen LogP contribution in [0.3, 0.4) is 0 Å². The molecule has 0 aromatic heterocycles. The van der Waals surface area contributed by atoms with E-state index in [4.69, 9.17) is 0 Å². The summed E-state index contributed by atoms with van der Waals surface area (Å²) >= 11 is 0. The maximum atomic E-state index is 11.4. The average molecular weight is 202 g/mol. The van der Waals surface area contributed by atoms with Crippen molar-refractivity contribution in [1.82, 2.24) is 10.2 Å². The molecule has 0 aromatic carbocycles. The number of methoxy groups -OCH3 is 1. The first-order valence-corrected chi connectivity index (χ1v) is 4.70. The van der Waals surface area contributed by atoms with Crippen LogP contribution in [0, 0.1) is 0 Å². The molecule has 14 heavy (non-hydrogen) atoms. The third-order valence-corrected chi connectivity index (χ3v) is 1.95. The van der Waals surface area contributed by atoms with Gasteiger partial charge in [0.2, 0.25) is 0 Å². The fourth-order valence-electron chi connectivity index (χ4n) is 1.02. The molecule has 0 radical (unpaired) electrons. The van der Waals surface area contributed by atoms with Gasteiger partial charge in [-0.05, 0) is 20.8 Å². The van der Waals surface area contributed by atoms with Gasteiger partial charge in [-0.15, -0.1) is 0 Å². The van der Waals surface area contributed by atoms with Crippen LogP contribution in [0.2, 0.25) is 0 Å². The third kappa shape index (κ3) is 3.64. The summed E-state index contributed by atoms with van der Waals surface area (Å²) in [4.78, 5) is 24.0. The quantitative estimate of drug-likeness (QED) is 0.679. The van der Waals surface area contributed by atoms with Crippen LogP contribution >= 0.6 is 0 Å². The number of hydrogen-bond acceptors (Lipinski definition) is 3. The van der Waals surface area contributed by atoms with Gasteiger partial charge in [0.05, 0.1) is 7.11 Å². The summed E-state index contributed by atoms with van der Waals surface area (Å²) in [5, 5.41) is 2.54. The summed E-state index contributed by atoms with van der Waals surface area (Å²) in [7, 11) is 1.29. The number of carbonyl (C=O) groups is 2. The Labute approximate surface area is 84.4 Å². The van der Waals surface area contributed by atoms with Crippen LogP contribution in [0.25, 0.3) is 0 Å². The highest BCUT2D eigenvalue weighted by Gasteiger charge is 2.18. The van der Waals surface area contributed by atoms with Crippen LogP contribution in [0.4, 0.5) is 4.79 Å². The van der Waals surface area contributed by atoms with E-state index >= 15 is 0 Å². The van der Waals surface area contributed by atoms with Gasteiger partial charge in [-0.3, -0.25) is 0 Å². The molecule has 0 aromatic rings. The van der Waals surface area contributed by atoms with Crippen molar-refractivity contribution in [3.05, 3.63) is 0 Å². The van der Waals surface area contributed by atoms with Gasteiger partial charge in [-0.2, -0.15) is 0 Å². The van der Waals surface area contributed by atoms with E-state index in [1.165, 1.54) is 7.11 Å². The molecule has 0 saturated carbocycles. The van der Waals surface area contributed by atoms with Gasteiger partial charge < -0.3 is 15.0 Å². The predicted molar refractivity (Wildman–Crippen MR) is 52.9 cm³/mol. The molecule has 0 saturated heterocycles. The van der Waals surface area contributed by atoms with Crippen molar-refractivity contribution >= 4 is 12.0 Å². The maximum Gasteiger partial charge on any atom is 0.328 e. The van der Waals surface area contributed by atoms with Crippen molar-refractivity contribution in [3.8, 4) is 0 Å². The summed E-state index contributed by atoms with van der Waals surface area (Å²) in [5.41, 5.74) is 0. The number of esters is 1. The van der Waals surface area contributed by atoms with Gasteiger partial charge in [0.15, 0.2) is 0 Å². The SMILES string of the molecule is CCN(CC)C(=O)NC(C)C(=O)OC. The molecule has 1 atom stereocenters. The standard InChI is InChI=1S/C9H18N2O3/c1-5-11(6-2)9(13)10-7(3)8(12)14-4/h7H,5-6H2,1-4H3,(H,10,13). The first-order valence-electron chi connectivity index (χ1n) is 4.70. The Morgan fingerprint density at radius 1 is 1.36 bits per heavy atom. The summed E-state index contributed by atoms with van der Waals surface area (Å²) < 4.78 is 4.49. The minimum atomic E-state index is -0.604. The van der Waals surface area contributed by atoms with E-state index in [-0.39, 0.29) is 6.03 Å². The van der Waals surface area contributed by atoms with E-state index in [1.54, 1.807) is 11.8 Å². The molecule has 2 amide bonds. The number of hydrogen-bond donors (Lipinski definition) is 1. The summed E-state index contributed by atoms with van der Waals surface area (Å²) in [6.07, 6.45) is 0. The van der Waals surface area contributed by atoms with Crippen LogP contribution in [0.5, 0.6) is 0 Å². The number of nitrogens with one attached hydrogen (secondary N) is 1. The monoisotopic (exact) mass is 202 g/mol. The van der Waals surface area contributed by atoms with Gasteiger partial charge in [0, 0.05) is 13.1 Å². The number of nitrogens with zero attached hydrogens (tertiary/aromatic N) is 1. The zero-order valence-corrected chi connectivity index (χ0v) is 9.16. The Morgan fingerprint density at radius 3 is 2.21 bits per heavy atom. The zero-order valence-electron chi connectivity index (χ0n) is 9.16. The molecule has 0 fully saturated rings. The summed E-state index contributed by atoms with van der Waals surface area (Å²) in [6, 6.07) is -0.846. The highest BCUT2D eigenvalue weighted by Crippen LogP contribution is 1.92. The molecule has 82 valence electrons. The minimum absolute atomic E-state index is 0.243. The molecular weight excluding hydrogens is 184 g/mol.